The minimum atomic E-state index is -0.675. The van der Waals surface area contributed by atoms with Crippen LogP contribution in [0, 0.1) is 0 Å². The highest BCUT2D eigenvalue weighted by atomic mass is 32.1. The second-order valence-electron chi connectivity index (χ2n) is 5.30. The predicted octanol–water partition coefficient (Wildman–Crippen LogP) is 3.67. The standard InChI is InChI=1S/C18H15NO5S/c1-10(20)13-8-15-14(24-18(13)22)9-16(25-15)19(2)17(21)11-5-4-6-12(7-11)23-3/h4-9,20H,1H2,2-3H3. The number of anilines is 1. The van der Waals surface area contributed by atoms with Gasteiger partial charge in [0.15, 0.2) is 5.58 Å². The van der Waals surface area contributed by atoms with Crippen molar-refractivity contribution < 1.29 is 19.1 Å². The number of hydrogen-bond acceptors (Lipinski definition) is 6. The molecule has 1 N–H and O–H groups in total. The van der Waals surface area contributed by atoms with Crippen LogP contribution >= 0.6 is 11.3 Å². The van der Waals surface area contributed by atoms with Crippen LogP contribution in [0.5, 0.6) is 5.75 Å². The Balaban J connectivity index is 1.99. The Kier molecular flexibility index (Phi) is 4.33. The minimum absolute atomic E-state index is 0.00248. The number of hydrogen-bond donors (Lipinski definition) is 1. The number of rotatable bonds is 4. The molecule has 3 rings (SSSR count). The van der Waals surface area contributed by atoms with Crippen molar-refractivity contribution in [2.24, 2.45) is 0 Å². The number of aliphatic hydroxyl groups excluding tert-OH is 1. The number of amides is 1. The van der Waals surface area contributed by atoms with E-state index in [2.05, 4.69) is 6.58 Å². The van der Waals surface area contributed by atoms with Crippen molar-refractivity contribution in [3.05, 3.63) is 64.5 Å². The summed E-state index contributed by atoms with van der Waals surface area (Å²) in [6.07, 6.45) is 0. The van der Waals surface area contributed by atoms with Gasteiger partial charge in [-0.25, -0.2) is 4.79 Å². The third kappa shape index (κ3) is 3.14. The first-order valence-electron chi connectivity index (χ1n) is 7.28. The maximum Gasteiger partial charge on any atom is 0.347 e. The van der Waals surface area contributed by atoms with E-state index in [1.54, 1.807) is 37.4 Å². The van der Waals surface area contributed by atoms with Crippen molar-refractivity contribution >= 4 is 38.3 Å². The van der Waals surface area contributed by atoms with Gasteiger partial charge in [-0.3, -0.25) is 4.79 Å². The lowest BCUT2D eigenvalue weighted by atomic mass is 10.2. The molecule has 0 atom stereocenters. The Labute approximate surface area is 147 Å². The van der Waals surface area contributed by atoms with Crippen molar-refractivity contribution in [2.75, 3.05) is 19.1 Å². The van der Waals surface area contributed by atoms with Crippen molar-refractivity contribution in [3.63, 3.8) is 0 Å². The fourth-order valence-electron chi connectivity index (χ4n) is 2.32. The lowest BCUT2D eigenvalue weighted by Crippen LogP contribution is -2.25. The summed E-state index contributed by atoms with van der Waals surface area (Å²) < 4.78 is 11.0. The molecule has 0 aliphatic carbocycles. The summed E-state index contributed by atoms with van der Waals surface area (Å²) in [6.45, 7) is 3.34. The van der Waals surface area contributed by atoms with Gasteiger partial charge in [-0.1, -0.05) is 12.6 Å². The SMILES string of the molecule is C=C(O)c1cc2sc(N(C)C(=O)c3cccc(OC)c3)cc2oc1=O. The molecule has 0 radical (unpaired) electrons. The van der Waals surface area contributed by atoms with Crippen LogP contribution in [0.2, 0.25) is 0 Å². The van der Waals surface area contributed by atoms with Crippen molar-refractivity contribution in [1.82, 2.24) is 0 Å². The third-order valence-electron chi connectivity index (χ3n) is 3.67. The molecule has 0 fully saturated rings. The topological polar surface area (TPSA) is 80.0 Å². The molecule has 128 valence electrons. The number of ether oxygens (including phenoxy) is 1. The van der Waals surface area contributed by atoms with Crippen LogP contribution in [0.3, 0.4) is 0 Å². The van der Waals surface area contributed by atoms with Crippen LogP contribution in [0.25, 0.3) is 16.0 Å². The van der Waals surface area contributed by atoms with Gasteiger partial charge in [0.1, 0.15) is 22.1 Å². The molecule has 0 aliphatic rings. The molecule has 0 aliphatic heterocycles. The molecule has 1 aromatic carbocycles. The second kappa shape index (κ2) is 6.45. The van der Waals surface area contributed by atoms with Gasteiger partial charge in [0.2, 0.25) is 0 Å². The van der Waals surface area contributed by atoms with Crippen LogP contribution in [0.1, 0.15) is 15.9 Å². The molecular formula is C18H15NO5S. The molecule has 1 amide bonds. The van der Waals surface area contributed by atoms with Gasteiger partial charge in [0, 0.05) is 18.7 Å². The van der Waals surface area contributed by atoms with E-state index in [1.165, 1.54) is 29.4 Å². The Bertz CT molecular complexity index is 1030. The Morgan fingerprint density at radius 3 is 2.76 bits per heavy atom. The van der Waals surface area contributed by atoms with Gasteiger partial charge in [-0.05, 0) is 24.3 Å². The maximum atomic E-state index is 12.7. The number of carbonyl (C=O) groups is 1. The molecule has 2 aromatic heterocycles. The fourth-order valence-corrected chi connectivity index (χ4v) is 3.31. The monoisotopic (exact) mass is 357 g/mol. The Morgan fingerprint density at radius 2 is 2.08 bits per heavy atom. The van der Waals surface area contributed by atoms with Crippen molar-refractivity contribution in [1.29, 1.82) is 0 Å². The Morgan fingerprint density at radius 1 is 1.32 bits per heavy atom. The number of aliphatic hydroxyl groups is 1. The maximum absolute atomic E-state index is 12.7. The van der Waals surface area contributed by atoms with Crippen molar-refractivity contribution in [2.45, 2.75) is 0 Å². The molecular weight excluding hydrogens is 342 g/mol. The highest BCUT2D eigenvalue weighted by Gasteiger charge is 2.18. The molecule has 6 nitrogen and oxygen atoms in total. The molecule has 2 heterocycles. The summed E-state index contributed by atoms with van der Waals surface area (Å²) in [5, 5.41) is 10.0. The lowest BCUT2D eigenvalue weighted by Gasteiger charge is -2.15. The lowest BCUT2D eigenvalue weighted by molar-refractivity contribution is 0.0993. The van der Waals surface area contributed by atoms with Crippen LogP contribution < -0.4 is 15.3 Å². The zero-order chi connectivity index (χ0) is 18.1. The van der Waals surface area contributed by atoms with Gasteiger partial charge in [-0.2, -0.15) is 0 Å². The van der Waals surface area contributed by atoms with Gasteiger partial charge < -0.3 is 19.2 Å². The number of carbonyl (C=O) groups excluding carboxylic acids is 1. The smallest absolute Gasteiger partial charge is 0.347 e. The molecule has 0 saturated carbocycles. The summed E-state index contributed by atoms with van der Waals surface area (Å²) in [6, 6.07) is 9.96. The van der Waals surface area contributed by atoms with E-state index >= 15 is 0 Å². The van der Waals surface area contributed by atoms with E-state index in [-0.39, 0.29) is 17.2 Å². The van der Waals surface area contributed by atoms with Gasteiger partial charge in [-0.15, -0.1) is 11.3 Å². The van der Waals surface area contributed by atoms with E-state index < -0.39 is 5.63 Å². The molecule has 0 spiro atoms. The third-order valence-corrected chi connectivity index (χ3v) is 4.81. The molecule has 25 heavy (non-hydrogen) atoms. The second-order valence-corrected chi connectivity index (χ2v) is 6.37. The van der Waals surface area contributed by atoms with E-state index in [4.69, 9.17) is 9.15 Å². The average Bonchev–Trinajstić information content (AvgIpc) is 3.02. The highest BCUT2D eigenvalue weighted by molar-refractivity contribution is 7.22. The zero-order valence-corrected chi connectivity index (χ0v) is 14.4. The van der Waals surface area contributed by atoms with Crippen LogP contribution in [-0.4, -0.2) is 25.2 Å². The summed E-state index contributed by atoms with van der Waals surface area (Å²) in [4.78, 5) is 25.9. The summed E-state index contributed by atoms with van der Waals surface area (Å²) in [7, 11) is 3.17. The van der Waals surface area contributed by atoms with E-state index in [9.17, 15) is 14.7 Å². The van der Waals surface area contributed by atoms with E-state index in [0.717, 1.165) is 0 Å². The van der Waals surface area contributed by atoms with Gasteiger partial charge >= 0.3 is 5.63 Å². The normalized spacial score (nSPS) is 10.6. The predicted molar refractivity (Wildman–Crippen MR) is 97.8 cm³/mol. The molecule has 0 bridgehead atoms. The Hall–Kier alpha value is -3.06. The fraction of sp³-hybridized carbons (Fsp3) is 0.111. The number of nitrogens with zero attached hydrogens (tertiary/aromatic N) is 1. The number of thiophene rings is 1. The largest absolute Gasteiger partial charge is 0.508 e. The van der Waals surface area contributed by atoms with Crippen LogP contribution in [0.4, 0.5) is 5.00 Å². The van der Waals surface area contributed by atoms with Gasteiger partial charge in [0.25, 0.3) is 5.91 Å². The zero-order valence-electron chi connectivity index (χ0n) is 13.6. The molecule has 7 heteroatoms. The number of benzene rings is 1. The van der Waals surface area contributed by atoms with Crippen molar-refractivity contribution in [3.8, 4) is 5.75 Å². The first kappa shape index (κ1) is 16.8. The summed E-state index contributed by atoms with van der Waals surface area (Å²) >= 11 is 1.27. The molecule has 0 saturated heterocycles. The van der Waals surface area contributed by atoms with Crippen LogP contribution in [-0.2, 0) is 0 Å². The van der Waals surface area contributed by atoms with Crippen LogP contribution in [0.15, 0.2) is 52.2 Å². The average molecular weight is 357 g/mol. The molecule has 0 unspecified atom stereocenters. The quantitative estimate of drug-likeness (QED) is 0.721. The molecule has 3 aromatic rings. The highest BCUT2D eigenvalue weighted by Crippen LogP contribution is 2.33. The first-order valence-corrected chi connectivity index (χ1v) is 8.10. The number of fused-ring (bicyclic) bond motifs is 1. The first-order chi connectivity index (χ1) is 11.9. The minimum Gasteiger partial charge on any atom is -0.508 e. The van der Waals surface area contributed by atoms with Gasteiger partial charge in [0.05, 0.1) is 11.8 Å². The summed E-state index contributed by atoms with van der Waals surface area (Å²) in [5.74, 6) is 0.0127. The summed E-state index contributed by atoms with van der Waals surface area (Å²) in [5.41, 5.74) is 0.152. The van der Waals surface area contributed by atoms with E-state index in [0.29, 0.717) is 26.6 Å². The number of methoxy groups -OCH3 is 1. The van der Waals surface area contributed by atoms with E-state index in [1.807, 2.05) is 0 Å².